The lowest BCUT2D eigenvalue weighted by Crippen LogP contribution is -2.35. The molecule has 0 atom stereocenters. The lowest BCUT2D eigenvalue weighted by atomic mass is 10.1. The second kappa shape index (κ2) is 4.89. The average molecular weight is 249 g/mol. The summed E-state index contributed by atoms with van der Waals surface area (Å²) in [7, 11) is 0. The van der Waals surface area contributed by atoms with Crippen molar-refractivity contribution in [2.75, 3.05) is 0 Å². The van der Waals surface area contributed by atoms with E-state index in [4.69, 9.17) is 4.52 Å². The normalized spacial score (nSPS) is 12.0. The Hall–Kier alpha value is -1.69. The maximum Gasteiger partial charge on any atom is 0.158 e. The van der Waals surface area contributed by atoms with Crippen molar-refractivity contribution in [3.63, 3.8) is 0 Å². The van der Waals surface area contributed by atoms with Crippen molar-refractivity contribution in [2.24, 2.45) is 0 Å². The van der Waals surface area contributed by atoms with Crippen molar-refractivity contribution in [1.29, 1.82) is 0 Å². The fourth-order valence-corrected chi connectivity index (χ4v) is 1.50. The average Bonchev–Trinajstić information content (AvgIpc) is 2.85. The van der Waals surface area contributed by atoms with E-state index in [9.17, 15) is 0 Å². The highest BCUT2D eigenvalue weighted by Crippen LogP contribution is 2.05. The number of rotatable bonds is 4. The summed E-state index contributed by atoms with van der Waals surface area (Å²) in [5.41, 5.74) is 1.87. The standard InChI is InChI=1S/C12H19N5O/c1-9-5-11(18-15-9)8-17-7-10(14-16-17)6-13-12(2,3)4/h5,7,13H,6,8H2,1-4H3. The van der Waals surface area contributed by atoms with Gasteiger partial charge in [0.15, 0.2) is 5.76 Å². The molecular weight excluding hydrogens is 230 g/mol. The molecule has 0 saturated carbocycles. The van der Waals surface area contributed by atoms with Crippen LogP contribution in [0, 0.1) is 6.92 Å². The molecule has 2 heterocycles. The Morgan fingerprint density at radius 1 is 1.39 bits per heavy atom. The van der Waals surface area contributed by atoms with Gasteiger partial charge in [-0.2, -0.15) is 0 Å². The number of hydrogen-bond donors (Lipinski definition) is 1. The van der Waals surface area contributed by atoms with E-state index in [-0.39, 0.29) is 5.54 Å². The molecule has 0 spiro atoms. The second-order valence-corrected chi connectivity index (χ2v) is 5.45. The van der Waals surface area contributed by atoms with Gasteiger partial charge in [-0.3, -0.25) is 0 Å². The first kappa shape index (κ1) is 12.8. The molecule has 0 unspecified atom stereocenters. The molecule has 0 radical (unpaired) electrons. The van der Waals surface area contributed by atoms with Gasteiger partial charge in [0.05, 0.1) is 17.6 Å². The fourth-order valence-electron chi connectivity index (χ4n) is 1.50. The first-order chi connectivity index (χ1) is 8.42. The fraction of sp³-hybridized carbons (Fsp3) is 0.583. The summed E-state index contributed by atoms with van der Waals surface area (Å²) < 4.78 is 6.89. The van der Waals surface area contributed by atoms with Gasteiger partial charge in [-0.1, -0.05) is 10.4 Å². The van der Waals surface area contributed by atoms with Gasteiger partial charge in [0.1, 0.15) is 6.54 Å². The van der Waals surface area contributed by atoms with Crippen LogP contribution in [0.5, 0.6) is 0 Å². The monoisotopic (exact) mass is 249 g/mol. The molecule has 6 heteroatoms. The van der Waals surface area contributed by atoms with Crippen LogP contribution in [-0.4, -0.2) is 25.7 Å². The maximum absolute atomic E-state index is 5.14. The molecule has 2 aromatic rings. The van der Waals surface area contributed by atoms with E-state index in [0.717, 1.165) is 17.1 Å². The Balaban J connectivity index is 1.94. The van der Waals surface area contributed by atoms with Crippen LogP contribution in [0.15, 0.2) is 16.8 Å². The Labute approximate surface area is 106 Å². The number of nitrogens with zero attached hydrogens (tertiary/aromatic N) is 4. The number of aromatic nitrogens is 4. The van der Waals surface area contributed by atoms with Crippen LogP contribution in [0.2, 0.25) is 0 Å². The van der Waals surface area contributed by atoms with Gasteiger partial charge in [0.25, 0.3) is 0 Å². The summed E-state index contributed by atoms with van der Waals surface area (Å²) in [4.78, 5) is 0. The van der Waals surface area contributed by atoms with Crippen molar-refractivity contribution in [2.45, 2.75) is 46.3 Å². The van der Waals surface area contributed by atoms with Crippen LogP contribution in [0.3, 0.4) is 0 Å². The van der Waals surface area contributed by atoms with Gasteiger partial charge in [-0.15, -0.1) is 5.10 Å². The van der Waals surface area contributed by atoms with E-state index in [1.54, 1.807) is 4.68 Å². The van der Waals surface area contributed by atoms with Crippen molar-refractivity contribution in [1.82, 2.24) is 25.5 Å². The van der Waals surface area contributed by atoms with Crippen LogP contribution in [0.1, 0.15) is 37.9 Å². The van der Waals surface area contributed by atoms with Crippen molar-refractivity contribution < 1.29 is 4.52 Å². The van der Waals surface area contributed by atoms with E-state index in [1.807, 2.05) is 19.2 Å². The summed E-state index contributed by atoms with van der Waals surface area (Å²) in [5, 5.41) is 15.4. The van der Waals surface area contributed by atoms with Crippen LogP contribution >= 0.6 is 0 Å². The molecule has 0 amide bonds. The summed E-state index contributed by atoms with van der Waals surface area (Å²) >= 11 is 0. The highest BCUT2D eigenvalue weighted by molar-refractivity contribution is 5.04. The third-order valence-electron chi connectivity index (χ3n) is 2.38. The van der Waals surface area contributed by atoms with E-state index < -0.39 is 0 Å². The predicted octanol–water partition coefficient (Wildman–Crippen LogP) is 1.51. The molecule has 0 aromatic carbocycles. The number of nitrogens with one attached hydrogen (secondary N) is 1. The molecule has 6 nitrogen and oxygen atoms in total. The Morgan fingerprint density at radius 3 is 2.78 bits per heavy atom. The van der Waals surface area contributed by atoms with Gasteiger partial charge >= 0.3 is 0 Å². The summed E-state index contributed by atoms with van der Waals surface area (Å²) in [6.45, 7) is 9.52. The molecule has 2 aromatic heterocycles. The topological polar surface area (TPSA) is 68.8 Å². The van der Waals surface area contributed by atoms with E-state index >= 15 is 0 Å². The van der Waals surface area contributed by atoms with Gasteiger partial charge in [0.2, 0.25) is 0 Å². The summed E-state index contributed by atoms with van der Waals surface area (Å²) in [6, 6.07) is 1.90. The maximum atomic E-state index is 5.14. The molecule has 0 fully saturated rings. The lowest BCUT2D eigenvalue weighted by molar-refractivity contribution is 0.367. The molecule has 2 rings (SSSR count). The minimum absolute atomic E-state index is 0.0752. The molecular formula is C12H19N5O. The largest absolute Gasteiger partial charge is 0.359 e. The Morgan fingerprint density at radius 2 is 2.17 bits per heavy atom. The molecule has 1 N–H and O–H groups in total. The van der Waals surface area contributed by atoms with Crippen LogP contribution in [0.4, 0.5) is 0 Å². The van der Waals surface area contributed by atoms with E-state index in [1.165, 1.54) is 0 Å². The third kappa shape index (κ3) is 3.66. The second-order valence-electron chi connectivity index (χ2n) is 5.45. The summed E-state index contributed by atoms with van der Waals surface area (Å²) in [6.07, 6.45) is 1.91. The zero-order valence-corrected chi connectivity index (χ0v) is 11.3. The first-order valence-electron chi connectivity index (χ1n) is 5.99. The van der Waals surface area contributed by atoms with E-state index in [0.29, 0.717) is 13.1 Å². The van der Waals surface area contributed by atoms with Crippen molar-refractivity contribution in [3.05, 3.63) is 29.4 Å². The van der Waals surface area contributed by atoms with Gasteiger partial charge in [0, 0.05) is 18.2 Å². The van der Waals surface area contributed by atoms with Crippen molar-refractivity contribution in [3.8, 4) is 0 Å². The molecule has 0 bridgehead atoms. The molecule has 98 valence electrons. The van der Waals surface area contributed by atoms with Crippen LogP contribution in [-0.2, 0) is 13.1 Å². The van der Waals surface area contributed by atoms with Crippen molar-refractivity contribution >= 4 is 0 Å². The summed E-state index contributed by atoms with van der Waals surface area (Å²) in [5.74, 6) is 0.785. The highest BCUT2D eigenvalue weighted by atomic mass is 16.5. The first-order valence-corrected chi connectivity index (χ1v) is 5.99. The predicted molar refractivity (Wildman–Crippen MR) is 67.0 cm³/mol. The Bertz CT molecular complexity index is 509. The zero-order valence-electron chi connectivity index (χ0n) is 11.3. The van der Waals surface area contributed by atoms with Crippen LogP contribution in [0.25, 0.3) is 0 Å². The van der Waals surface area contributed by atoms with Gasteiger partial charge in [-0.05, 0) is 27.7 Å². The third-order valence-corrected chi connectivity index (χ3v) is 2.38. The molecule has 0 aliphatic carbocycles. The highest BCUT2D eigenvalue weighted by Gasteiger charge is 2.10. The number of aryl methyl sites for hydroxylation is 1. The van der Waals surface area contributed by atoms with Gasteiger partial charge < -0.3 is 9.84 Å². The molecule has 18 heavy (non-hydrogen) atoms. The van der Waals surface area contributed by atoms with E-state index in [2.05, 4.69) is 41.6 Å². The minimum atomic E-state index is 0.0752. The molecule has 0 aliphatic heterocycles. The molecule has 0 saturated heterocycles. The Kier molecular flexibility index (Phi) is 3.47. The van der Waals surface area contributed by atoms with Gasteiger partial charge in [-0.25, -0.2) is 4.68 Å². The number of hydrogen-bond acceptors (Lipinski definition) is 5. The lowest BCUT2D eigenvalue weighted by Gasteiger charge is -2.19. The molecule has 0 aliphatic rings. The SMILES string of the molecule is Cc1cc(Cn2cc(CNC(C)(C)C)nn2)on1. The minimum Gasteiger partial charge on any atom is -0.359 e. The smallest absolute Gasteiger partial charge is 0.158 e. The van der Waals surface area contributed by atoms with Crippen LogP contribution < -0.4 is 5.32 Å². The quantitative estimate of drug-likeness (QED) is 0.889. The zero-order chi connectivity index (χ0) is 13.2.